The van der Waals surface area contributed by atoms with Gasteiger partial charge in [0.15, 0.2) is 0 Å². The second kappa shape index (κ2) is 12.5. The second-order valence-electron chi connectivity index (χ2n) is 8.87. The highest BCUT2D eigenvalue weighted by Crippen LogP contribution is 2.47. The minimum absolute atomic E-state index is 0.0294. The smallest absolute Gasteiger partial charge is 0.311 e. The van der Waals surface area contributed by atoms with Crippen molar-refractivity contribution >= 4 is 13.8 Å². The molecule has 0 spiro atoms. The molecule has 1 N–H and O–H groups in total. The van der Waals surface area contributed by atoms with E-state index in [4.69, 9.17) is 4.74 Å². The van der Waals surface area contributed by atoms with Crippen LogP contribution in [0.4, 0.5) is 0 Å². The second-order valence-corrected chi connectivity index (χ2v) is 10.0. The van der Waals surface area contributed by atoms with Gasteiger partial charge in [0, 0.05) is 17.9 Å². The molecule has 1 aromatic carbocycles. The van der Waals surface area contributed by atoms with Crippen molar-refractivity contribution in [3.05, 3.63) is 47.1 Å². The molecule has 1 aliphatic carbocycles. The molecule has 2 rings (SSSR count). The molecule has 0 aliphatic heterocycles. The minimum atomic E-state index is -5.07. The van der Waals surface area contributed by atoms with E-state index in [1.54, 1.807) is 6.07 Å². The number of phenols is 1. The molecule has 7 nitrogen and oxygen atoms in total. The summed E-state index contributed by atoms with van der Waals surface area (Å²) in [6.07, 6.45) is 7.71. The third-order valence-electron chi connectivity index (χ3n) is 5.96. The van der Waals surface area contributed by atoms with Crippen molar-refractivity contribution in [2.75, 3.05) is 6.61 Å². The third kappa shape index (κ3) is 8.74. The summed E-state index contributed by atoms with van der Waals surface area (Å²) in [5.41, 5.74) is 3.66. The van der Waals surface area contributed by atoms with Crippen molar-refractivity contribution in [1.82, 2.24) is 0 Å². The maximum atomic E-state index is 12.5. The highest BCUT2D eigenvalue weighted by molar-refractivity contribution is 7.43. The first kappa shape index (κ1) is 27.3. The van der Waals surface area contributed by atoms with E-state index in [0.717, 1.165) is 49.7 Å². The summed E-state index contributed by atoms with van der Waals surface area (Å²) in [6, 6.07) is 3.57. The molecule has 1 aromatic rings. The molecule has 33 heavy (non-hydrogen) atoms. The Labute approximate surface area is 196 Å². The molecule has 8 heteroatoms. The Morgan fingerprint density at radius 3 is 2.64 bits per heavy atom. The lowest BCUT2D eigenvalue weighted by Gasteiger charge is -2.32. The van der Waals surface area contributed by atoms with E-state index < -0.39 is 13.8 Å². The summed E-state index contributed by atoms with van der Waals surface area (Å²) in [5, 5.41) is 11.0. The van der Waals surface area contributed by atoms with E-state index >= 15 is 0 Å². The number of esters is 1. The first-order chi connectivity index (χ1) is 15.5. The molecular weight excluding hydrogens is 443 g/mol. The van der Waals surface area contributed by atoms with Crippen molar-refractivity contribution in [2.24, 2.45) is 5.92 Å². The molecule has 184 valence electrons. The topological polar surface area (TPSA) is 119 Å². The fourth-order valence-electron chi connectivity index (χ4n) is 4.28. The summed E-state index contributed by atoms with van der Waals surface area (Å²) in [5.74, 6) is -0.234. The number of allylic oxidation sites excluding steroid dienone is 3. The molecule has 2 atom stereocenters. The van der Waals surface area contributed by atoms with E-state index in [9.17, 15) is 24.3 Å². The predicted octanol–water partition coefficient (Wildman–Crippen LogP) is 4.67. The summed E-state index contributed by atoms with van der Waals surface area (Å²) >= 11 is 0. The van der Waals surface area contributed by atoms with E-state index in [2.05, 4.69) is 24.1 Å². The number of hydrogen-bond donors (Lipinski definition) is 1. The molecular formula is C25H35O7P-2. The number of hydrogen-bond acceptors (Lipinski definition) is 7. The molecule has 0 heterocycles. The third-order valence-corrected chi connectivity index (χ3v) is 6.46. The SMILES string of the molecule is C=C(C)[C@@H]1CCC(C)=C[C@H]1c1c(O)cc(CCCCC)cc1OC(=O)CCCOP(=O)([O-])[O-]. The Bertz CT molecular complexity index is 916. The van der Waals surface area contributed by atoms with Gasteiger partial charge in [0.1, 0.15) is 11.5 Å². The first-order valence-electron chi connectivity index (χ1n) is 11.6. The highest BCUT2D eigenvalue weighted by Gasteiger charge is 2.31. The van der Waals surface area contributed by atoms with Crippen LogP contribution in [0.25, 0.3) is 0 Å². The zero-order valence-corrected chi connectivity index (χ0v) is 20.7. The van der Waals surface area contributed by atoms with Crippen LogP contribution in [-0.2, 0) is 20.3 Å². The molecule has 0 saturated heterocycles. The van der Waals surface area contributed by atoms with Gasteiger partial charge >= 0.3 is 5.97 Å². The van der Waals surface area contributed by atoms with Crippen LogP contribution in [0.5, 0.6) is 11.5 Å². The summed E-state index contributed by atoms with van der Waals surface area (Å²) in [7, 11) is -5.07. The van der Waals surface area contributed by atoms with E-state index in [1.165, 1.54) is 5.57 Å². The number of phenolic OH excluding ortho intramolecular Hbond substituents is 1. The minimum Gasteiger partial charge on any atom is -0.790 e. The zero-order chi connectivity index (χ0) is 24.6. The number of aromatic hydroxyl groups is 1. The van der Waals surface area contributed by atoms with E-state index in [-0.39, 0.29) is 37.0 Å². The van der Waals surface area contributed by atoms with Crippen LogP contribution in [0, 0.1) is 5.92 Å². The monoisotopic (exact) mass is 478 g/mol. The predicted molar refractivity (Wildman–Crippen MR) is 124 cm³/mol. The van der Waals surface area contributed by atoms with E-state index in [0.29, 0.717) is 11.3 Å². The fraction of sp³-hybridized carbons (Fsp3) is 0.560. The Kier molecular flexibility index (Phi) is 10.4. The summed E-state index contributed by atoms with van der Waals surface area (Å²) in [4.78, 5) is 33.7. The molecule has 0 saturated carbocycles. The normalized spacial score (nSPS) is 18.6. The van der Waals surface area contributed by atoms with Crippen molar-refractivity contribution in [1.29, 1.82) is 0 Å². The van der Waals surface area contributed by atoms with Gasteiger partial charge in [-0.25, -0.2) is 0 Å². The average molecular weight is 479 g/mol. The highest BCUT2D eigenvalue weighted by atomic mass is 31.2. The molecule has 1 aliphatic rings. The maximum Gasteiger partial charge on any atom is 0.311 e. The largest absolute Gasteiger partial charge is 0.790 e. The van der Waals surface area contributed by atoms with Gasteiger partial charge in [-0.2, -0.15) is 0 Å². The molecule has 0 radical (unpaired) electrons. The van der Waals surface area contributed by atoms with E-state index in [1.807, 2.05) is 19.9 Å². The Balaban J connectivity index is 2.32. The van der Waals surface area contributed by atoms with Crippen molar-refractivity contribution in [3.63, 3.8) is 0 Å². The summed E-state index contributed by atoms with van der Waals surface area (Å²) in [6.45, 7) is 9.89. The molecule has 0 aromatic heterocycles. The Hall–Kier alpha value is -1.92. The number of carbonyl (C=O) groups is 1. The summed E-state index contributed by atoms with van der Waals surface area (Å²) < 4.78 is 20.4. The van der Waals surface area contributed by atoms with Gasteiger partial charge in [-0.05, 0) is 69.6 Å². The number of aryl methyl sites for hydroxylation is 1. The standard InChI is InChI=1S/C25H37O7P/c1-5-6-7-9-19-15-22(26)25(21-14-18(4)11-12-20(21)17(2)3)23(16-19)32-24(27)10-8-13-31-33(28,29)30/h14-16,20-21,26H,2,5-13H2,1,3-4H3,(H2,28,29,30)/p-2/t20-,21+/m0/s1. The lowest BCUT2D eigenvalue weighted by atomic mass is 9.73. The van der Waals surface area contributed by atoms with Crippen molar-refractivity contribution in [2.45, 2.75) is 78.1 Å². The molecule has 0 unspecified atom stereocenters. The quantitative estimate of drug-likeness (QED) is 0.152. The zero-order valence-electron chi connectivity index (χ0n) is 19.8. The van der Waals surface area contributed by atoms with Gasteiger partial charge in [-0.3, -0.25) is 4.79 Å². The maximum absolute atomic E-state index is 12.5. The number of unbranched alkanes of at least 4 members (excludes halogenated alkanes) is 2. The number of phosphoric acid groups is 1. The van der Waals surface area contributed by atoms with Crippen LogP contribution in [0.2, 0.25) is 0 Å². The fourth-order valence-corrected chi connectivity index (χ4v) is 4.64. The Morgan fingerprint density at radius 2 is 2.00 bits per heavy atom. The Morgan fingerprint density at radius 1 is 1.27 bits per heavy atom. The molecule has 0 amide bonds. The van der Waals surface area contributed by atoms with Gasteiger partial charge in [0.2, 0.25) is 0 Å². The number of ether oxygens (including phenoxy) is 1. The van der Waals surface area contributed by atoms with Gasteiger partial charge in [0.25, 0.3) is 0 Å². The molecule has 0 fully saturated rings. The molecule has 0 bridgehead atoms. The number of carbonyl (C=O) groups excluding carboxylic acids is 1. The van der Waals surface area contributed by atoms with Gasteiger partial charge < -0.3 is 28.7 Å². The van der Waals surface area contributed by atoms with Crippen LogP contribution in [0.3, 0.4) is 0 Å². The van der Waals surface area contributed by atoms with Gasteiger partial charge in [-0.1, -0.05) is 43.6 Å². The lowest BCUT2D eigenvalue weighted by molar-refractivity contribution is -0.341. The van der Waals surface area contributed by atoms with Gasteiger partial charge in [0.05, 0.1) is 14.4 Å². The number of phosphoric ester groups is 1. The van der Waals surface area contributed by atoms with Crippen LogP contribution in [-0.4, -0.2) is 17.7 Å². The van der Waals surface area contributed by atoms with Crippen molar-refractivity contribution in [3.8, 4) is 11.5 Å². The number of benzene rings is 1. The first-order valence-corrected chi connectivity index (χ1v) is 13.0. The van der Waals surface area contributed by atoms with Gasteiger partial charge in [-0.15, -0.1) is 0 Å². The van der Waals surface area contributed by atoms with Crippen LogP contribution >= 0.6 is 7.82 Å². The lowest BCUT2D eigenvalue weighted by Crippen LogP contribution is -2.19. The van der Waals surface area contributed by atoms with Crippen LogP contribution < -0.4 is 14.5 Å². The van der Waals surface area contributed by atoms with Crippen LogP contribution in [0.15, 0.2) is 35.9 Å². The van der Waals surface area contributed by atoms with Crippen LogP contribution in [0.1, 0.15) is 82.8 Å². The number of rotatable bonds is 12. The average Bonchev–Trinajstić information content (AvgIpc) is 2.70. The van der Waals surface area contributed by atoms with Crippen molar-refractivity contribution < 1.29 is 33.5 Å².